The first-order valence-electron chi connectivity index (χ1n) is 6.28. The smallest absolute Gasteiger partial charge is 0.115 e. The SMILES string of the molecule is CCCCC(CC)CC(N)c1cncnc1. The van der Waals surface area contributed by atoms with E-state index in [0.29, 0.717) is 0 Å². The number of nitrogens with two attached hydrogens (primary N) is 1. The molecule has 0 saturated carbocycles. The van der Waals surface area contributed by atoms with Crippen molar-refractivity contribution in [3.05, 3.63) is 24.3 Å². The van der Waals surface area contributed by atoms with Crippen LogP contribution in [-0.4, -0.2) is 9.97 Å². The monoisotopic (exact) mass is 221 g/mol. The van der Waals surface area contributed by atoms with E-state index in [-0.39, 0.29) is 6.04 Å². The minimum absolute atomic E-state index is 0.0861. The molecule has 0 aromatic carbocycles. The Kier molecular flexibility index (Phi) is 6.01. The molecule has 90 valence electrons. The fraction of sp³-hybridized carbons (Fsp3) is 0.692. The van der Waals surface area contributed by atoms with Gasteiger partial charge in [0.2, 0.25) is 0 Å². The predicted molar refractivity (Wildman–Crippen MR) is 66.9 cm³/mol. The van der Waals surface area contributed by atoms with E-state index in [1.165, 1.54) is 25.7 Å². The molecule has 3 nitrogen and oxygen atoms in total. The summed E-state index contributed by atoms with van der Waals surface area (Å²) in [6, 6.07) is 0.0861. The van der Waals surface area contributed by atoms with Crippen LogP contribution in [0.3, 0.4) is 0 Å². The molecule has 0 bridgehead atoms. The lowest BCUT2D eigenvalue weighted by Gasteiger charge is -2.19. The summed E-state index contributed by atoms with van der Waals surface area (Å²) in [6.45, 7) is 4.48. The van der Waals surface area contributed by atoms with Gasteiger partial charge < -0.3 is 5.73 Å². The Morgan fingerprint density at radius 3 is 2.50 bits per heavy atom. The summed E-state index contributed by atoms with van der Waals surface area (Å²) in [7, 11) is 0. The van der Waals surface area contributed by atoms with Crippen LogP contribution in [0.5, 0.6) is 0 Å². The number of hydrogen-bond donors (Lipinski definition) is 1. The van der Waals surface area contributed by atoms with Crippen molar-refractivity contribution in [1.29, 1.82) is 0 Å². The summed E-state index contributed by atoms with van der Waals surface area (Å²) in [4.78, 5) is 8.02. The first-order chi connectivity index (χ1) is 7.77. The third kappa shape index (κ3) is 4.27. The fourth-order valence-corrected chi connectivity index (χ4v) is 1.98. The molecule has 1 heterocycles. The zero-order valence-electron chi connectivity index (χ0n) is 10.4. The van der Waals surface area contributed by atoms with Crippen molar-refractivity contribution in [2.75, 3.05) is 0 Å². The van der Waals surface area contributed by atoms with E-state index in [2.05, 4.69) is 23.8 Å². The molecular formula is C13H23N3. The van der Waals surface area contributed by atoms with E-state index in [4.69, 9.17) is 5.73 Å². The third-order valence-corrected chi connectivity index (χ3v) is 3.14. The third-order valence-electron chi connectivity index (χ3n) is 3.14. The van der Waals surface area contributed by atoms with Gasteiger partial charge in [0.15, 0.2) is 0 Å². The second kappa shape index (κ2) is 7.34. The van der Waals surface area contributed by atoms with Gasteiger partial charge in [-0.3, -0.25) is 0 Å². The van der Waals surface area contributed by atoms with Gasteiger partial charge in [0.05, 0.1) is 0 Å². The molecule has 1 rings (SSSR count). The largest absolute Gasteiger partial charge is 0.324 e. The standard InChI is InChI=1S/C13H23N3/c1-3-5-6-11(4-2)7-13(14)12-8-15-10-16-9-12/h8-11,13H,3-7,14H2,1-2H3. The van der Waals surface area contributed by atoms with Crippen molar-refractivity contribution in [3.8, 4) is 0 Å². The molecule has 0 spiro atoms. The zero-order chi connectivity index (χ0) is 11.8. The Morgan fingerprint density at radius 2 is 1.94 bits per heavy atom. The maximum absolute atomic E-state index is 6.16. The Bertz CT molecular complexity index is 274. The van der Waals surface area contributed by atoms with E-state index in [9.17, 15) is 0 Å². The highest BCUT2D eigenvalue weighted by Crippen LogP contribution is 2.24. The number of nitrogens with zero attached hydrogens (tertiary/aromatic N) is 2. The van der Waals surface area contributed by atoms with E-state index in [1.54, 1.807) is 6.33 Å². The van der Waals surface area contributed by atoms with Crippen LogP contribution in [0.25, 0.3) is 0 Å². The van der Waals surface area contributed by atoms with E-state index >= 15 is 0 Å². The van der Waals surface area contributed by atoms with Crippen LogP contribution in [0.15, 0.2) is 18.7 Å². The van der Waals surface area contributed by atoms with Crippen molar-refractivity contribution in [3.63, 3.8) is 0 Å². The highest BCUT2D eigenvalue weighted by atomic mass is 14.8. The first kappa shape index (κ1) is 13.1. The van der Waals surface area contributed by atoms with Crippen LogP contribution >= 0.6 is 0 Å². The van der Waals surface area contributed by atoms with E-state index in [1.807, 2.05) is 12.4 Å². The van der Waals surface area contributed by atoms with Gasteiger partial charge in [0, 0.05) is 24.0 Å². The fourth-order valence-electron chi connectivity index (χ4n) is 1.98. The Balaban J connectivity index is 2.45. The summed E-state index contributed by atoms with van der Waals surface area (Å²) in [5, 5.41) is 0. The summed E-state index contributed by atoms with van der Waals surface area (Å²) >= 11 is 0. The highest BCUT2D eigenvalue weighted by molar-refractivity contribution is 5.08. The van der Waals surface area contributed by atoms with Crippen LogP contribution in [0.1, 0.15) is 57.6 Å². The molecule has 0 aliphatic heterocycles. The van der Waals surface area contributed by atoms with Crippen LogP contribution in [0.2, 0.25) is 0 Å². The lowest BCUT2D eigenvalue weighted by Crippen LogP contribution is -2.15. The van der Waals surface area contributed by atoms with Gasteiger partial charge in [-0.15, -0.1) is 0 Å². The van der Waals surface area contributed by atoms with Crippen LogP contribution < -0.4 is 5.73 Å². The van der Waals surface area contributed by atoms with Gasteiger partial charge in [-0.05, 0) is 12.3 Å². The van der Waals surface area contributed by atoms with Crippen molar-refractivity contribution >= 4 is 0 Å². The van der Waals surface area contributed by atoms with Gasteiger partial charge >= 0.3 is 0 Å². The minimum atomic E-state index is 0.0861. The van der Waals surface area contributed by atoms with Gasteiger partial charge in [-0.25, -0.2) is 9.97 Å². The van der Waals surface area contributed by atoms with Crippen molar-refractivity contribution in [2.24, 2.45) is 11.7 Å². The number of hydrogen-bond acceptors (Lipinski definition) is 3. The maximum atomic E-state index is 6.16. The molecule has 1 aromatic rings. The lowest BCUT2D eigenvalue weighted by atomic mass is 9.90. The molecule has 0 aliphatic carbocycles. The molecule has 2 atom stereocenters. The Labute approximate surface area is 98.5 Å². The molecule has 2 unspecified atom stereocenters. The molecule has 0 saturated heterocycles. The summed E-state index contributed by atoms with van der Waals surface area (Å²) in [5.41, 5.74) is 7.22. The van der Waals surface area contributed by atoms with Gasteiger partial charge in [-0.1, -0.05) is 39.5 Å². The molecule has 1 aromatic heterocycles. The van der Waals surface area contributed by atoms with Gasteiger partial charge in [0.25, 0.3) is 0 Å². The van der Waals surface area contributed by atoms with Crippen molar-refractivity contribution in [1.82, 2.24) is 9.97 Å². The number of rotatable bonds is 7. The molecule has 3 heteroatoms. The van der Waals surface area contributed by atoms with Crippen LogP contribution in [0, 0.1) is 5.92 Å². The zero-order valence-corrected chi connectivity index (χ0v) is 10.4. The van der Waals surface area contributed by atoms with Crippen LogP contribution in [0.4, 0.5) is 0 Å². The Morgan fingerprint density at radius 1 is 1.25 bits per heavy atom. The first-order valence-corrected chi connectivity index (χ1v) is 6.28. The average Bonchev–Trinajstić information content (AvgIpc) is 2.35. The second-order valence-electron chi connectivity index (χ2n) is 4.43. The quantitative estimate of drug-likeness (QED) is 0.769. The lowest BCUT2D eigenvalue weighted by molar-refractivity contribution is 0.388. The van der Waals surface area contributed by atoms with Crippen molar-refractivity contribution < 1.29 is 0 Å². The van der Waals surface area contributed by atoms with Gasteiger partial charge in [0.1, 0.15) is 6.33 Å². The summed E-state index contributed by atoms with van der Waals surface area (Å²) in [6.07, 6.45) is 11.3. The van der Waals surface area contributed by atoms with Gasteiger partial charge in [-0.2, -0.15) is 0 Å². The van der Waals surface area contributed by atoms with Crippen LogP contribution in [-0.2, 0) is 0 Å². The predicted octanol–water partition coefficient (Wildman–Crippen LogP) is 3.08. The minimum Gasteiger partial charge on any atom is -0.324 e. The summed E-state index contributed by atoms with van der Waals surface area (Å²) < 4.78 is 0. The average molecular weight is 221 g/mol. The molecule has 0 radical (unpaired) electrons. The molecule has 16 heavy (non-hydrogen) atoms. The second-order valence-corrected chi connectivity index (χ2v) is 4.43. The molecular weight excluding hydrogens is 198 g/mol. The molecule has 2 N–H and O–H groups in total. The number of aromatic nitrogens is 2. The molecule has 0 aliphatic rings. The Hall–Kier alpha value is -0.960. The van der Waals surface area contributed by atoms with E-state index < -0.39 is 0 Å². The van der Waals surface area contributed by atoms with Crippen molar-refractivity contribution in [2.45, 2.75) is 52.0 Å². The van der Waals surface area contributed by atoms with E-state index in [0.717, 1.165) is 17.9 Å². The molecule has 0 amide bonds. The summed E-state index contributed by atoms with van der Waals surface area (Å²) in [5.74, 6) is 0.732. The topological polar surface area (TPSA) is 51.8 Å². The molecule has 0 fully saturated rings. The maximum Gasteiger partial charge on any atom is 0.115 e. The highest BCUT2D eigenvalue weighted by Gasteiger charge is 2.13. The normalized spacial score (nSPS) is 14.7. The number of unbranched alkanes of at least 4 members (excludes halogenated alkanes) is 1.